The number of hydrogen-bond acceptors (Lipinski definition) is 5. The Morgan fingerprint density at radius 3 is 2.54 bits per heavy atom. The van der Waals surface area contributed by atoms with E-state index in [0.29, 0.717) is 26.0 Å². The standard InChI is InChI=1S/C18H33N3O5/c1-5-6-7-11-26-15(12(2)3)16(22)19-13(4)17(23)21-10-8-9-14(20-21)18(24)25/h12-15,20H,5-11H2,1-4H3,(H,19,22)(H,24,25). The number of carboxylic acids is 1. The van der Waals surface area contributed by atoms with Crippen LogP contribution in [0.4, 0.5) is 0 Å². The van der Waals surface area contributed by atoms with E-state index in [1.54, 1.807) is 6.92 Å². The molecule has 1 heterocycles. The summed E-state index contributed by atoms with van der Waals surface area (Å²) in [5.41, 5.74) is 2.71. The largest absolute Gasteiger partial charge is 0.480 e. The first-order chi connectivity index (χ1) is 12.3. The number of carboxylic acid groups (broad SMARTS) is 1. The normalized spacial score (nSPS) is 19.9. The van der Waals surface area contributed by atoms with Gasteiger partial charge in [-0.15, -0.1) is 0 Å². The molecular formula is C18H33N3O5. The number of nitrogens with one attached hydrogen (secondary N) is 2. The molecule has 0 radical (unpaired) electrons. The first-order valence-corrected chi connectivity index (χ1v) is 9.50. The third-order valence-electron chi connectivity index (χ3n) is 4.39. The maximum Gasteiger partial charge on any atom is 0.322 e. The van der Waals surface area contributed by atoms with Crippen LogP contribution >= 0.6 is 0 Å². The van der Waals surface area contributed by atoms with Crippen LogP contribution in [0.3, 0.4) is 0 Å². The molecule has 8 heteroatoms. The van der Waals surface area contributed by atoms with Gasteiger partial charge in [-0.1, -0.05) is 33.6 Å². The highest BCUT2D eigenvalue weighted by Crippen LogP contribution is 2.11. The Balaban J connectivity index is 2.56. The van der Waals surface area contributed by atoms with Gasteiger partial charge in [0, 0.05) is 13.2 Å². The molecule has 0 aliphatic carbocycles. The number of ether oxygens (including phenoxy) is 1. The van der Waals surface area contributed by atoms with E-state index in [4.69, 9.17) is 9.84 Å². The van der Waals surface area contributed by atoms with Gasteiger partial charge in [-0.05, 0) is 32.1 Å². The van der Waals surface area contributed by atoms with Gasteiger partial charge in [0.1, 0.15) is 18.2 Å². The number of hydrazine groups is 1. The molecule has 1 aliphatic rings. The molecule has 8 nitrogen and oxygen atoms in total. The number of unbranched alkanes of at least 4 members (excludes halogenated alkanes) is 2. The fourth-order valence-electron chi connectivity index (χ4n) is 2.85. The predicted octanol–water partition coefficient (Wildman–Crippen LogP) is 1.30. The van der Waals surface area contributed by atoms with E-state index < -0.39 is 24.2 Å². The van der Waals surface area contributed by atoms with Crippen molar-refractivity contribution in [3.8, 4) is 0 Å². The van der Waals surface area contributed by atoms with Crippen molar-refractivity contribution in [2.24, 2.45) is 5.92 Å². The number of carbonyl (C=O) groups excluding carboxylic acids is 2. The van der Waals surface area contributed by atoms with Gasteiger partial charge in [-0.25, -0.2) is 5.43 Å². The van der Waals surface area contributed by atoms with Gasteiger partial charge in [0.05, 0.1) is 0 Å². The molecule has 2 amide bonds. The molecule has 1 aliphatic heterocycles. The van der Waals surface area contributed by atoms with Crippen molar-refractivity contribution in [1.29, 1.82) is 0 Å². The lowest BCUT2D eigenvalue weighted by Crippen LogP contribution is -2.59. The predicted molar refractivity (Wildman–Crippen MR) is 97.2 cm³/mol. The lowest BCUT2D eigenvalue weighted by molar-refractivity contribution is -0.149. The Morgan fingerprint density at radius 1 is 1.27 bits per heavy atom. The molecule has 3 N–H and O–H groups in total. The summed E-state index contributed by atoms with van der Waals surface area (Å²) >= 11 is 0. The molecule has 1 rings (SSSR count). The van der Waals surface area contributed by atoms with Crippen LogP contribution in [0, 0.1) is 5.92 Å². The molecule has 0 aromatic carbocycles. The fraction of sp³-hybridized carbons (Fsp3) is 0.833. The highest BCUT2D eigenvalue weighted by atomic mass is 16.5. The Bertz CT molecular complexity index is 483. The Morgan fingerprint density at radius 2 is 1.96 bits per heavy atom. The molecule has 150 valence electrons. The van der Waals surface area contributed by atoms with Gasteiger partial charge < -0.3 is 15.2 Å². The number of carbonyl (C=O) groups is 3. The van der Waals surface area contributed by atoms with E-state index in [0.717, 1.165) is 19.3 Å². The van der Waals surface area contributed by atoms with E-state index >= 15 is 0 Å². The van der Waals surface area contributed by atoms with Crippen molar-refractivity contribution in [1.82, 2.24) is 15.8 Å². The van der Waals surface area contributed by atoms with Crippen LogP contribution in [-0.4, -0.2) is 59.2 Å². The van der Waals surface area contributed by atoms with Gasteiger partial charge in [0.2, 0.25) is 5.91 Å². The summed E-state index contributed by atoms with van der Waals surface area (Å²) in [5.74, 6) is -1.66. The van der Waals surface area contributed by atoms with Crippen molar-refractivity contribution < 1.29 is 24.2 Å². The molecule has 0 bridgehead atoms. The average molecular weight is 371 g/mol. The van der Waals surface area contributed by atoms with Crippen molar-refractivity contribution in [3.63, 3.8) is 0 Å². The first-order valence-electron chi connectivity index (χ1n) is 9.50. The van der Waals surface area contributed by atoms with Gasteiger partial charge in [0.25, 0.3) is 5.91 Å². The zero-order valence-electron chi connectivity index (χ0n) is 16.3. The quantitative estimate of drug-likeness (QED) is 0.500. The maximum absolute atomic E-state index is 12.5. The summed E-state index contributed by atoms with van der Waals surface area (Å²) in [7, 11) is 0. The summed E-state index contributed by atoms with van der Waals surface area (Å²) in [6.07, 6.45) is 3.49. The van der Waals surface area contributed by atoms with Gasteiger partial charge in [-0.2, -0.15) is 0 Å². The van der Waals surface area contributed by atoms with Crippen LogP contribution in [-0.2, 0) is 19.1 Å². The molecule has 3 unspecified atom stereocenters. The monoisotopic (exact) mass is 371 g/mol. The Hall–Kier alpha value is -1.67. The van der Waals surface area contributed by atoms with Crippen LogP contribution in [0.25, 0.3) is 0 Å². The van der Waals surface area contributed by atoms with E-state index in [9.17, 15) is 14.4 Å². The number of hydrogen-bond donors (Lipinski definition) is 3. The second kappa shape index (κ2) is 11.1. The minimum absolute atomic E-state index is 0.0107. The van der Waals surface area contributed by atoms with E-state index in [1.165, 1.54) is 5.01 Å². The van der Waals surface area contributed by atoms with Crippen LogP contribution < -0.4 is 10.7 Å². The van der Waals surface area contributed by atoms with Crippen molar-refractivity contribution >= 4 is 17.8 Å². The molecule has 1 saturated heterocycles. The highest BCUT2D eigenvalue weighted by molar-refractivity contribution is 5.89. The Kier molecular flexibility index (Phi) is 9.58. The maximum atomic E-state index is 12.5. The molecule has 0 saturated carbocycles. The number of aliphatic carboxylic acids is 1. The van der Waals surface area contributed by atoms with Crippen molar-refractivity contribution in [2.45, 2.75) is 78.0 Å². The summed E-state index contributed by atoms with van der Waals surface area (Å²) < 4.78 is 5.71. The van der Waals surface area contributed by atoms with Gasteiger partial charge in [0.15, 0.2) is 0 Å². The summed E-state index contributed by atoms with van der Waals surface area (Å²) in [5, 5.41) is 13.1. The average Bonchev–Trinajstić information content (AvgIpc) is 2.60. The third-order valence-corrected chi connectivity index (χ3v) is 4.39. The highest BCUT2D eigenvalue weighted by Gasteiger charge is 2.32. The number of nitrogens with zero attached hydrogens (tertiary/aromatic N) is 1. The zero-order valence-corrected chi connectivity index (χ0v) is 16.3. The van der Waals surface area contributed by atoms with Gasteiger partial charge >= 0.3 is 5.97 Å². The second-order valence-electron chi connectivity index (χ2n) is 7.12. The zero-order chi connectivity index (χ0) is 19.7. The second-order valence-corrected chi connectivity index (χ2v) is 7.12. The minimum atomic E-state index is -0.987. The van der Waals surface area contributed by atoms with Gasteiger partial charge in [-0.3, -0.25) is 19.4 Å². The molecule has 26 heavy (non-hydrogen) atoms. The van der Waals surface area contributed by atoms with E-state index in [1.807, 2.05) is 13.8 Å². The fourth-order valence-corrected chi connectivity index (χ4v) is 2.85. The molecule has 3 atom stereocenters. The summed E-state index contributed by atoms with van der Waals surface area (Å²) in [6.45, 7) is 8.44. The lowest BCUT2D eigenvalue weighted by atomic mass is 10.1. The molecule has 0 aromatic heterocycles. The molecule has 0 spiro atoms. The Labute approximate surface area is 155 Å². The van der Waals surface area contributed by atoms with Crippen molar-refractivity contribution in [3.05, 3.63) is 0 Å². The SMILES string of the molecule is CCCCCOC(C(=O)NC(C)C(=O)N1CCCC(C(=O)O)N1)C(C)C. The van der Waals surface area contributed by atoms with E-state index in [2.05, 4.69) is 17.7 Å². The third kappa shape index (κ3) is 6.92. The molecule has 1 fully saturated rings. The van der Waals surface area contributed by atoms with Crippen LogP contribution in [0.5, 0.6) is 0 Å². The minimum Gasteiger partial charge on any atom is -0.480 e. The van der Waals surface area contributed by atoms with Crippen molar-refractivity contribution in [2.75, 3.05) is 13.2 Å². The lowest BCUT2D eigenvalue weighted by Gasteiger charge is -2.34. The number of amides is 2. The smallest absolute Gasteiger partial charge is 0.322 e. The summed E-state index contributed by atoms with van der Waals surface area (Å²) in [4.78, 5) is 36.1. The topological polar surface area (TPSA) is 108 Å². The van der Waals surface area contributed by atoms with Crippen LogP contribution in [0.15, 0.2) is 0 Å². The first kappa shape index (κ1) is 22.4. The number of rotatable bonds is 10. The summed E-state index contributed by atoms with van der Waals surface area (Å²) in [6, 6.07) is -1.54. The van der Waals surface area contributed by atoms with Crippen LogP contribution in [0.1, 0.15) is 59.8 Å². The molecule has 0 aromatic rings. The van der Waals surface area contributed by atoms with E-state index in [-0.39, 0.29) is 17.7 Å². The van der Waals surface area contributed by atoms with Crippen LogP contribution in [0.2, 0.25) is 0 Å². The molecular weight excluding hydrogens is 338 g/mol.